The molecule has 3 saturated carbocycles. The van der Waals surface area contributed by atoms with Crippen molar-refractivity contribution in [3.63, 3.8) is 0 Å². The first-order valence-corrected chi connectivity index (χ1v) is 14.7. The van der Waals surface area contributed by atoms with E-state index in [1.165, 1.54) is 5.57 Å². The average Bonchev–Trinajstić information content (AvgIpc) is 3.22. The molecule has 1 aromatic rings. The van der Waals surface area contributed by atoms with Crippen molar-refractivity contribution in [1.29, 1.82) is 0 Å². The van der Waals surface area contributed by atoms with Crippen LogP contribution in [0.2, 0.25) is 0 Å². The number of allylic oxidation sites excluding steroid dienone is 2. The fourth-order valence-corrected chi connectivity index (χ4v) is 8.60. The van der Waals surface area contributed by atoms with E-state index in [1.54, 1.807) is 0 Å². The van der Waals surface area contributed by atoms with Gasteiger partial charge in [0, 0.05) is 17.9 Å². The summed E-state index contributed by atoms with van der Waals surface area (Å²) in [6.07, 6.45) is 15.7. The van der Waals surface area contributed by atoms with Crippen molar-refractivity contribution in [2.45, 2.75) is 83.2 Å². The molecule has 214 valence electrons. The molecule has 1 amide bonds. The van der Waals surface area contributed by atoms with Crippen LogP contribution < -0.4 is 5.32 Å². The number of rotatable bonds is 8. The molecule has 5 rings (SSSR count). The first-order chi connectivity index (χ1) is 19.1. The second-order valence-electron chi connectivity index (χ2n) is 12.9. The lowest BCUT2D eigenvalue weighted by Gasteiger charge is -2.58. The van der Waals surface area contributed by atoms with Crippen LogP contribution >= 0.6 is 0 Å². The fraction of sp³-hybridized carbons (Fsp3) is 0.606. The maximum absolute atomic E-state index is 12.4. The maximum Gasteiger partial charge on any atom is 0.304 e. The number of carboxylic acids is 1. The Balaban J connectivity index is 1.17. The summed E-state index contributed by atoms with van der Waals surface area (Å²) in [5, 5.41) is 27.6. The minimum Gasteiger partial charge on any atom is -0.481 e. The van der Waals surface area contributed by atoms with E-state index in [4.69, 9.17) is 11.3 Å². The van der Waals surface area contributed by atoms with E-state index in [2.05, 4.69) is 36.3 Å². The van der Waals surface area contributed by atoms with Gasteiger partial charge in [-0.3, -0.25) is 9.59 Å². The molecule has 40 heavy (non-hydrogen) atoms. The highest BCUT2D eigenvalue weighted by Crippen LogP contribution is 2.67. The topological polar surface area (TPSA) is 108 Å². The SMILES string of the molecule is C#C[C@@]1(O)CC[C@H]2[C@H]3CCC4=CC(=NOCC(=O)NC[C@H](CC(=O)O)c5ccccc5)CC[C@]4(C)[C@H]3CC[C@]21C. The Morgan fingerprint density at radius 2 is 1.88 bits per heavy atom. The summed E-state index contributed by atoms with van der Waals surface area (Å²) < 4.78 is 0. The Bertz CT molecular complexity index is 1230. The largest absolute Gasteiger partial charge is 0.481 e. The predicted octanol–water partition coefficient (Wildman–Crippen LogP) is 5.06. The predicted molar refractivity (Wildman–Crippen MR) is 153 cm³/mol. The zero-order valence-corrected chi connectivity index (χ0v) is 23.7. The highest BCUT2D eigenvalue weighted by molar-refractivity contribution is 5.96. The standard InChI is InChI=1S/C33H42N2O5/c1-4-33(39)17-14-28-26-11-10-24-19-25(12-15-31(24,2)27(26)13-16-32(28,33)3)35-40-21-29(36)34-20-23(18-30(37)38)22-8-6-5-7-9-22/h1,5-9,19,23,26-28,39H,10-18,20-21H2,2-3H3,(H,34,36)(H,37,38)/t23-,26-,27-,28-,31-,32+,33+/m0/s1. The second-order valence-corrected chi connectivity index (χ2v) is 12.9. The first kappa shape index (κ1) is 28.4. The van der Waals surface area contributed by atoms with E-state index >= 15 is 0 Å². The molecule has 0 aliphatic heterocycles. The van der Waals surface area contributed by atoms with Crippen LogP contribution in [-0.2, 0) is 14.4 Å². The number of aliphatic carboxylic acids is 1. The summed E-state index contributed by atoms with van der Waals surface area (Å²) in [5.74, 6) is 2.87. The number of oxime groups is 1. The van der Waals surface area contributed by atoms with Crippen LogP contribution in [0.3, 0.4) is 0 Å². The molecule has 0 radical (unpaired) electrons. The van der Waals surface area contributed by atoms with Crippen LogP contribution in [0.15, 0.2) is 47.1 Å². The van der Waals surface area contributed by atoms with Crippen molar-refractivity contribution in [1.82, 2.24) is 5.32 Å². The Labute approximate surface area is 237 Å². The number of amides is 1. The summed E-state index contributed by atoms with van der Waals surface area (Å²) in [7, 11) is 0. The zero-order valence-electron chi connectivity index (χ0n) is 23.7. The van der Waals surface area contributed by atoms with Crippen LogP contribution in [-0.4, -0.2) is 46.6 Å². The van der Waals surface area contributed by atoms with E-state index in [1.807, 2.05) is 30.3 Å². The molecule has 0 aromatic heterocycles. The lowest BCUT2D eigenvalue weighted by Crippen LogP contribution is -2.54. The monoisotopic (exact) mass is 546 g/mol. The molecule has 7 atom stereocenters. The fourth-order valence-electron chi connectivity index (χ4n) is 8.60. The van der Waals surface area contributed by atoms with Gasteiger partial charge in [0.25, 0.3) is 5.91 Å². The van der Waals surface area contributed by atoms with Gasteiger partial charge >= 0.3 is 5.97 Å². The van der Waals surface area contributed by atoms with Crippen molar-refractivity contribution in [2.75, 3.05) is 13.2 Å². The summed E-state index contributed by atoms with van der Waals surface area (Å²) in [4.78, 5) is 29.2. The maximum atomic E-state index is 12.4. The minimum absolute atomic E-state index is 0.0631. The van der Waals surface area contributed by atoms with Gasteiger partial charge in [0.2, 0.25) is 0 Å². The van der Waals surface area contributed by atoms with E-state index in [9.17, 15) is 19.8 Å². The molecular weight excluding hydrogens is 504 g/mol. The minimum atomic E-state index is -0.978. The number of carbonyl (C=O) groups excluding carboxylic acids is 1. The number of fused-ring (bicyclic) bond motifs is 5. The van der Waals surface area contributed by atoms with Crippen LogP contribution in [0.5, 0.6) is 0 Å². The van der Waals surface area contributed by atoms with E-state index < -0.39 is 11.6 Å². The number of hydrogen-bond acceptors (Lipinski definition) is 5. The lowest BCUT2D eigenvalue weighted by molar-refractivity contribution is -0.137. The number of hydrogen-bond donors (Lipinski definition) is 3. The lowest BCUT2D eigenvalue weighted by atomic mass is 9.46. The number of benzene rings is 1. The number of terminal acetylenes is 1. The zero-order chi connectivity index (χ0) is 28.5. The van der Waals surface area contributed by atoms with Gasteiger partial charge in [-0.05, 0) is 86.2 Å². The highest BCUT2D eigenvalue weighted by Gasteiger charge is 2.63. The van der Waals surface area contributed by atoms with E-state index in [-0.39, 0.29) is 42.2 Å². The Kier molecular flexibility index (Phi) is 7.85. The molecule has 4 aliphatic rings. The Morgan fingerprint density at radius 3 is 2.60 bits per heavy atom. The molecule has 0 saturated heterocycles. The van der Waals surface area contributed by atoms with Crippen molar-refractivity contribution in [3.05, 3.63) is 47.5 Å². The molecule has 3 fully saturated rings. The van der Waals surface area contributed by atoms with Gasteiger partial charge in [-0.1, -0.05) is 60.8 Å². The Morgan fingerprint density at radius 1 is 1.12 bits per heavy atom. The number of carbonyl (C=O) groups is 2. The van der Waals surface area contributed by atoms with Crippen LogP contribution in [0.1, 0.15) is 83.1 Å². The molecule has 7 nitrogen and oxygen atoms in total. The summed E-state index contributed by atoms with van der Waals surface area (Å²) in [6.45, 7) is 4.65. The van der Waals surface area contributed by atoms with Gasteiger partial charge in [0.05, 0.1) is 12.1 Å². The molecule has 7 heteroatoms. The van der Waals surface area contributed by atoms with Crippen molar-refractivity contribution >= 4 is 17.6 Å². The van der Waals surface area contributed by atoms with Gasteiger partial charge in [0.15, 0.2) is 6.61 Å². The molecule has 0 bridgehead atoms. The average molecular weight is 547 g/mol. The van der Waals surface area contributed by atoms with Gasteiger partial charge in [0.1, 0.15) is 5.60 Å². The molecule has 1 aromatic carbocycles. The molecule has 0 spiro atoms. The third-order valence-corrected chi connectivity index (χ3v) is 11.0. The summed E-state index contributed by atoms with van der Waals surface area (Å²) in [6, 6.07) is 9.34. The van der Waals surface area contributed by atoms with Gasteiger partial charge in [-0.15, -0.1) is 6.42 Å². The highest BCUT2D eigenvalue weighted by atomic mass is 16.6. The number of nitrogens with one attached hydrogen (secondary N) is 1. The van der Waals surface area contributed by atoms with Crippen molar-refractivity contribution < 1.29 is 24.6 Å². The smallest absolute Gasteiger partial charge is 0.304 e. The van der Waals surface area contributed by atoms with Crippen LogP contribution in [0.25, 0.3) is 0 Å². The Hall–Kier alpha value is -3.11. The van der Waals surface area contributed by atoms with Crippen LogP contribution in [0, 0.1) is 40.9 Å². The van der Waals surface area contributed by atoms with Gasteiger partial charge in [-0.2, -0.15) is 0 Å². The molecule has 4 aliphatic carbocycles. The van der Waals surface area contributed by atoms with Crippen molar-refractivity contribution in [3.8, 4) is 12.3 Å². The molecular formula is C33H42N2O5. The molecule has 3 N–H and O–H groups in total. The second kappa shape index (κ2) is 11.0. The third-order valence-electron chi connectivity index (χ3n) is 11.0. The van der Waals surface area contributed by atoms with Crippen molar-refractivity contribution in [2.24, 2.45) is 33.7 Å². The van der Waals surface area contributed by atoms with Gasteiger partial charge in [-0.25, -0.2) is 0 Å². The quantitative estimate of drug-likeness (QED) is 0.312. The normalized spacial score (nSPS) is 36.3. The summed E-state index contributed by atoms with van der Waals surface area (Å²) in [5.41, 5.74) is 2.13. The van der Waals surface area contributed by atoms with E-state index in [0.29, 0.717) is 24.2 Å². The molecule has 0 heterocycles. The number of nitrogens with zero attached hydrogens (tertiary/aromatic N) is 1. The summed E-state index contributed by atoms with van der Waals surface area (Å²) >= 11 is 0. The van der Waals surface area contributed by atoms with Gasteiger partial charge < -0.3 is 20.4 Å². The third kappa shape index (κ3) is 5.07. The number of aliphatic hydroxyl groups is 1. The van der Waals surface area contributed by atoms with E-state index in [0.717, 1.165) is 56.2 Å². The first-order valence-electron chi connectivity index (χ1n) is 14.7. The number of carboxylic acid groups (broad SMARTS) is 1. The molecule has 0 unspecified atom stereocenters. The van der Waals surface area contributed by atoms with Crippen LogP contribution in [0.4, 0.5) is 0 Å².